The summed E-state index contributed by atoms with van der Waals surface area (Å²) < 4.78 is 0. The molecular weight excluding hydrogens is 107 g/mol. The van der Waals surface area contributed by atoms with Crippen molar-refractivity contribution >= 4 is 12.4 Å². The van der Waals surface area contributed by atoms with Crippen LogP contribution in [-0.2, 0) is 0 Å². The van der Waals surface area contributed by atoms with Crippen molar-refractivity contribution in [1.82, 2.24) is 0 Å². The van der Waals surface area contributed by atoms with Crippen LogP contribution in [0.25, 0.3) is 0 Å². The second kappa shape index (κ2) is 2.28. The molecule has 0 atom stereocenters. The molecule has 0 N–H and O–H groups in total. The molecule has 0 heterocycles. The van der Waals surface area contributed by atoms with Crippen LogP contribution < -0.4 is 0 Å². The monoisotopic (exact) mass is 120 g/mol. The molecule has 2 fully saturated rings. The SMILES string of the molecule is B(=C1CCC1)C1CCC1. The zero-order valence-corrected chi connectivity index (χ0v) is 5.90. The number of hydrogen-bond acceptors (Lipinski definition) is 0. The van der Waals surface area contributed by atoms with E-state index in [9.17, 15) is 0 Å². The van der Waals surface area contributed by atoms with Crippen LogP contribution in [0, 0.1) is 0 Å². The zero-order chi connectivity index (χ0) is 6.10. The van der Waals surface area contributed by atoms with Gasteiger partial charge in [-0.2, -0.15) is 0 Å². The summed E-state index contributed by atoms with van der Waals surface area (Å²) in [6, 6.07) is 0. The third kappa shape index (κ3) is 1.10. The summed E-state index contributed by atoms with van der Waals surface area (Å²) >= 11 is 0. The van der Waals surface area contributed by atoms with E-state index < -0.39 is 0 Å². The standard InChI is InChI=1S/C8H13B/c1-3-7(4-1)9-8-5-2-6-8/h7H,1-6H2. The van der Waals surface area contributed by atoms with Gasteiger partial charge in [0.15, 0.2) is 0 Å². The maximum atomic E-state index is 2.53. The van der Waals surface area contributed by atoms with Gasteiger partial charge in [-0.3, -0.25) is 0 Å². The molecule has 2 rings (SSSR count). The predicted molar refractivity (Wildman–Crippen MR) is 42.2 cm³/mol. The van der Waals surface area contributed by atoms with Gasteiger partial charge >= 0.3 is 56.7 Å². The van der Waals surface area contributed by atoms with Crippen LogP contribution in [0.3, 0.4) is 0 Å². The van der Waals surface area contributed by atoms with Gasteiger partial charge in [-0.15, -0.1) is 0 Å². The molecule has 9 heavy (non-hydrogen) atoms. The first-order chi connectivity index (χ1) is 4.45. The summed E-state index contributed by atoms with van der Waals surface area (Å²) in [5, 5.41) is 0. The normalized spacial score (nSPS) is 26.4. The van der Waals surface area contributed by atoms with E-state index in [-0.39, 0.29) is 0 Å². The fourth-order valence-corrected chi connectivity index (χ4v) is 1.49. The quantitative estimate of drug-likeness (QED) is 0.464. The van der Waals surface area contributed by atoms with E-state index in [1.165, 1.54) is 38.5 Å². The molecule has 0 nitrogen and oxygen atoms in total. The van der Waals surface area contributed by atoms with Gasteiger partial charge in [-0.25, -0.2) is 0 Å². The minimum atomic E-state index is 1.00. The second-order valence-electron chi connectivity index (χ2n) is 3.37. The minimum absolute atomic E-state index is 1.00. The van der Waals surface area contributed by atoms with Gasteiger partial charge in [0.25, 0.3) is 0 Å². The van der Waals surface area contributed by atoms with Gasteiger partial charge in [0.05, 0.1) is 0 Å². The molecule has 0 aromatic heterocycles. The maximum absolute atomic E-state index is 2.53. The van der Waals surface area contributed by atoms with E-state index in [0.717, 1.165) is 5.82 Å². The third-order valence-corrected chi connectivity index (χ3v) is 2.62. The molecule has 0 aliphatic heterocycles. The Labute approximate surface area is 57.6 Å². The molecule has 2 aliphatic carbocycles. The molecule has 0 bridgehead atoms. The molecular formula is C8H13B. The van der Waals surface area contributed by atoms with Gasteiger partial charge in [0.1, 0.15) is 0 Å². The van der Waals surface area contributed by atoms with Crippen molar-refractivity contribution in [2.75, 3.05) is 0 Å². The van der Waals surface area contributed by atoms with Gasteiger partial charge < -0.3 is 0 Å². The van der Waals surface area contributed by atoms with Crippen LogP contribution in [0.2, 0.25) is 5.82 Å². The first-order valence-corrected chi connectivity index (χ1v) is 4.15. The summed E-state index contributed by atoms with van der Waals surface area (Å²) in [5.41, 5.74) is 1.75. The van der Waals surface area contributed by atoms with Crippen LogP contribution in [0.15, 0.2) is 0 Å². The molecule has 2 aliphatic rings. The van der Waals surface area contributed by atoms with Crippen LogP contribution in [0.5, 0.6) is 0 Å². The van der Waals surface area contributed by atoms with Gasteiger partial charge in [0.2, 0.25) is 0 Å². The number of rotatable bonds is 1. The fourth-order valence-electron chi connectivity index (χ4n) is 1.49. The molecule has 0 radical (unpaired) electrons. The summed E-state index contributed by atoms with van der Waals surface area (Å²) in [7, 11) is 0. The van der Waals surface area contributed by atoms with E-state index in [4.69, 9.17) is 0 Å². The summed E-state index contributed by atoms with van der Waals surface area (Å²) in [5.74, 6) is 1.00. The fraction of sp³-hybridized carbons (Fsp3) is 0.875. The molecule has 2 saturated carbocycles. The van der Waals surface area contributed by atoms with Crippen LogP contribution in [0.1, 0.15) is 38.5 Å². The number of hydrogen-bond donors (Lipinski definition) is 0. The molecule has 0 aromatic rings. The molecule has 0 amide bonds. The molecule has 0 spiro atoms. The molecule has 0 unspecified atom stereocenters. The zero-order valence-electron chi connectivity index (χ0n) is 5.90. The molecule has 0 aromatic carbocycles. The Hall–Kier alpha value is -0.0651. The Kier molecular flexibility index (Phi) is 1.44. The van der Waals surface area contributed by atoms with Crippen molar-refractivity contribution < 1.29 is 0 Å². The van der Waals surface area contributed by atoms with Crippen molar-refractivity contribution in [2.24, 2.45) is 0 Å². The Bertz CT molecular complexity index is 128. The second-order valence-corrected chi connectivity index (χ2v) is 3.37. The van der Waals surface area contributed by atoms with E-state index in [0.29, 0.717) is 0 Å². The van der Waals surface area contributed by atoms with Crippen molar-refractivity contribution in [2.45, 2.75) is 44.3 Å². The van der Waals surface area contributed by atoms with E-state index in [2.05, 4.69) is 6.92 Å². The van der Waals surface area contributed by atoms with Crippen molar-refractivity contribution in [3.8, 4) is 0 Å². The summed E-state index contributed by atoms with van der Waals surface area (Å²) in [6.45, 7) is 2.53. The van der Waals surface area contributed by atoms with E-state index >= 15 is 0 Å². The van der Waals surface area contributed by atoms with Gasteiger partial charge in [-0.1, -0.05) is 0 Å². The third-order valence-electron chi connectivity index (χ3n) is 2.62. The van der Waals surface area contributed by atoms with E-state index in [1.54, 1.807) is 5.46 Å². The topological polar surface area (TPSA) is 0 Å². The van der Waals surface area contributed by atoms with Crippen LogP contribution in [-0.4, -0.2) is 12.4 Å². The Morgan fingerprint density at radius 2 is 1.89 bits per heavy atom. The molecule has 1 heteroatoms. The average molecular weight is 120 g/mol. The summed E-state index contributed by atoms with van der Waals surface area (Å²) in [4.78, 5) is 0. The summed E-state index contributed by atoms with van der Waals surface area (Å²) in [6.07, 6.45) is 8.72. The molecule has 48 valence electrons. The van der Waals surface area contributed by atoms with Crippen LogP contribution >= 0.6 is 0 Å². The Morgan fingerprint density at radius 3 is 2.22 bits per heavy atom. The van der Waals surface area contributed by atoms with Crippen molar-refractivity contribution in [3.63, 3.8) is 0 Å². The average Bonchev–Trinajstić information content (AvgIpc) is 1.57. The predicted octanol–water partition coefficient (Wildman–Crippen LogP) is 2.02. The van der Waals surface area contributed by atoms with E-state index in [1.807, 2.05) is 0 Å². The Morgan fingerprint density at radius 1 is 1.11 bits per heavy atom. The van der Waals surface area contributed by atoms with Crippen molar-refractivity contribution in [1.29, 1.82) is 0 Å². The van der Waals surface area contributed by atoms with Crippen molar-refractivity contribution in [3.05, 3.63) is 0 Å². The Balaban J connectivity index is 1.85. The first-order valence-electron chi connectivity index (χ1n) is 4.15. The van der Waals surface area contributed by atoms with Gasteiger partial charge in [-0.05, 0) is 0 Å². The van der Waals surface area contributed by atoms with Gasteiger partial charge in [0, 0.05) is 0 Å². The molecule has 0 saturated heterocycles. The van der Waals surface area contributed by atoms with Crippen LogP contribution in [0.4, 0.5) is 0 Å². The first kappa shape index (κ1) is 5.70.